The summed E-state index contributed by atoms with van der Waals surface area (Å²) >= 11 is 0. The second-order valence-electron chi connectivity index (χ2n) is 11.1. The first kappa shape index (κ1) is 33.7. The highest BCUT2D eigenvalue weighted by molar-refractivity contribution is 5.91. The van der Waals surface area contributed by atoms with Crippen molar-refractivity contribution in [3.63, 3.8) is 0 Å². The van der Waals surface area contributed by atoms with Crippen LogP contribution in [0.1, 0.15) is 30.4 Å². The Morgan fingerprint density at radius 1 is 0.957 bits per heavy atom. The molecule has 12 heteroatoms. The molecule has 1 saturated heterocycles. The predicted molar refractivity (Wildman–Crippen MR) is 173 cm³/mol. The second kappa shape index (κ2) is 16.2. The molecule has 4 rings (SSSR count). The molecule has 0 aliphatic carbocycles. The van der Waals surface area contributed by atoms with Crippen LogP contribution >= 0.6 is 0 Å². The van der Waals surface area contributed by atoms with E-state index in [1.165, 1.54) is 29.3 Å². The molecule has 1 heterocycles. The minimum absolute atomic E-state index is 0.0474. The number of phenols is 1. The van der Waals surface area contributed by atoms with Crippen molar-refractivity contribution in [3.05, 3.63) is 103 Å². The second-order valence-corrected chi connectivity index (χ2v) is 11.1. The Morgan fingerprint density at radius 2 is 1.65 bits per heavy atom. The molecule has 0 saturated carbocycles. The van der Waals surface area contributed by atoms with Gasteiger partial charge in [-0.05, 0) is 72.3 Å². The molecule has 3 amide bonds. The SMILES string of the molecule is N/C=C\C[C@@H](NC(=O)[C@@H](N)Cc1ccc(O)cc1)C(=O)O/C=C\NC(=O)[C@H]1CCCN1C(=O)[C@@H](N)Cc1ccc2ccccc2c1. The molecule has 0 bridgehead atoms. The van der Waals surface area contributed by atoms with E-state index < -0.39 is 42.0 Å². The van der Waals surface area contributed by atoms with Gasteiger partial charge >= 0.3 is 5.97 Å². The van der Waals surface area contributed by atoms with Gasteiger partial charge in [0.1, 0.15) is 24.1 Å². The van der Waals surface area contributed by atoms with Gasteiger partial charge in [0.15, 0.2) is 0 Å². The van der Waals surface area contributed by atoms with E-state index in [1.54, 1.807) is 12.1 Å². The number of carbonyl (C=O) groups is 4. The number of rotatable bonds is 13. The van der Waals surface area contributed by atoms with Crippen molar-refractivity contribution in [1.82, 2.24) is 15.5 Å². The summed E-state index contributed by atoms with van der Waals surface area (Å²) in [5, 5.41) is 16.7. The molecular formula is C34H40N6O6. The Bertz CT molecular complexity index is 1590. The van der Waals surface area contributed by atoms with E-state index in [1.807, 2.05) is 42.5 Å². The topological polar surface area (TPSA) is 203 Å². The number of hydrogen-bond donors (Lipinski definition) is 6. The highest BCUT2D eigenvalue weighted by Gasteiger charge is 2.36. The highest BCUT2D eigenvalue weighted by Crippen LogP contribution is 2.21. The maximum atomic E-state index is 13.2. The molecule has 0 spiro atoms. The van der Waals surface area contributed by atoms with Crippen LogP contribution in [0, 0.1) is 0 Å². The van der Waals surface area contributed by atoms with Gasteiger partial charge < -0.3 is 42.6 Å². The average Bonchev–Trinajstić information content (AvgIpc) is 3.55. The van der Waals surface area contributed by atoms with E-state index in [9.17, 15) is 24.3 Å². The number of nitrogens with one attached hydrogen (secondary N) is 2. The summed E-state index contributed by atoms with van der Waals surface area (Å²) < 4.78 is 5.14. The third-order valence-electron chi connectivity index (χ3n) is 7.74. The smallest absolute Gasteiger partial charge is 0.333 e. The van der Waals surface area contributed by atoms with E-state index in [4.69, 9.17) is 21.9 Å². The van der Waals surface area contributed by atoms with Gasteiger partial charge in [-0.3, -0.25) is 14.4 Å². The van der Waals surface area contributed by atoms with Gasteiger partial charge in [0.05, 0.1) is 12.1 Å². The largest absolute Gasteiger partial charge is 0.508 e. The molecule has 9 N–H and O–H groups in total. The number of amides is 3. The fourth-order valence-corrected chi connectivity index (χ4v) is 5.30. The summed E-state index contributed by atoms with van der Waals surface area (Å²) in [6.07, 6.45) is 6.56. The first-order valence-electron chi connectivity index (χ1n) is 15.1. The summed E-state index contributed by atoms with van der Waals surface area (Å²) in [5.41, 5.74) is 19.4. The number of nitrogens with zero attached hydrogens (tertiary/aromatic N) is 1. The lowest BCUT2D eigenvalue weighted by atomic mass is 10.0. The van der Waals surface area contributed by atoms with Crippen LogP contribution in [-0.2, 0) is 36.8 Å². The molecule has 0 aromatic heterocycles. The Hall–Kier alpha value is -5.20. The molecule has 1 fully saturated rings. The first-order chi connectivity index (χ1) is 22.2. The predicted octanol–water partition coefficient (Wildman–Crippen LogP) is 1.45. The number of ether oxygens (including phenoxy) is 1. The van der Waals surface area contributed by atoms with Gasteiger partial charge in [-0.15, -0.1) is 0 Å². The maximum absolute atomic E-state index is 13.2. The van der Waals surface area contributed by atoms with E-state index >= 15 is 0 Å². The number of likely N-dealkylation sites (tertiary alicyclic amines) is 1. The maximum Gasteiger partial charge on any atom is 0.333 e. The van der Waals surface area contributed by atoms with Crippen molar-refractivity contribution in [2.24, 2.45) is 17.2 Å². The van der Waals surface area contributed by atoms with Crippen LogP contribution in [0.2, 0.25) is 0 Å². The highest BCUT2D eigenvalue weighted by atomic mass is 16.5. The van der Waals surface area contributed by atoms with Crippen LogP contribution in [0.3, 0.4) is 0 Å². The fourth-order valence-electron chi connectivity index (χ4n) is 5.30. The van der Waals surface area contributed by atoms with Crippen LogP contribution in [0.15, 0.2) is 91.5 Å². The number of benzene rings is 3. The average molecular weight is 629 g/mol. The lowest BCUT2D eigenvalue weighted by Crippen LogP contribution is -2.51. The van der Waals surface area contributed by atoms with Crippen molar-refractivity contribution in [3.8, 4) is 5.75 Å². The molecule has 242 valence electrons. The van der Waals surface area contributed by atoms with Crippen LogP contribution in [0.4, 0.5) is 0 Å². The molecule has 0 radical (unpaired) electrons. The third-order valence-corrected chi connectivity index (χ3v) is 7.74. The van der Waals surface area contributed by atoms with Crippen LogP contribution in [0.5, 0.6) is 5.75 Å². The van der Waals surface area contributed by atoms with Crippen molar-refractivity contribution in [2.45, 2.75) is 56.3 Å². The van der Waals surface area contributed by atoms with Gasteiger partial charge in [0.2, 0.25) is 17.7 Å². The van der Waals surface area contributed by atoms with Gasteiger partial charge in [-0.1, -0.05) is 60.7 Å². The zero-order valence-electron chi connectivity index (χ0n) is 25.4. The number of carbonyl (C=O) groups excluding carboxylic acids is 4. The normalized spacial score (nSPS) is 16.7. The zero-order chi connectivity index (χ0) is 33.1. The summed E-state index contributed by atoms with van der Waals surface area (Å²) in [7, 11) is 0. The van der Waals surface area contributed by atoms with Crippen LogP contribution < -0.4 is 27.8 Å². The molecule has 46 heavy (non-hydrogen) atoms. The lowest BCUT2D eigenvalue weighted by Gasteiger charge is -2.26. The van der Waals surface area contributed by atoms with E-state index in [-0.39, 0.29) is 24.5 Å². The van der Waals surface area contributed by atoms with E-state index in [2.05, 4.69) is 10.6 Å². The number of nitrogens with two attached hydrogens (primary N) is 3. The van der Waals surface area contributed by atoms with E-state index in [0.29, 0.717) is 25.8 Å². The van der Waals surface area contributed by atoms with Crippen LogP contribution in [0.25, 0.3) is 10.8 Å². The summed E-state index contributed by atoms with van der Waals surface area (Å²) in [5.74, 6) is -2.04. The summed E-state index contributed by atoms with van der Waals surface area (Å²) in [4.78, 5) is 53.1. The van der Waals surface area contributed by atoms with Gasteiger partial charge in [-0.25, -0.2) is 4.79 Å². The first-order valence-corrected chi connectivity index (χ1v) is 15.1. The number of aromatic hydroxyl groups is 1. The number of phenolic OH excluding ortho intramolecular Hbond substituents is 1. The Morgan fingerprint density at radius 3 is 2.39 bits per heavy atom. The number of hydrogen-bond acceptors (Lipinski definition) is 9. The van der Waals surface area contributed by atoms with Crippen molar-refractivity contribution in [2.75, 3.05) is 6.54 Å². The number of fused-ring (bicyclic) bond motifs is 1. The fraction of sp³-hybridized carbons (Fsp3) is 0.294. The number of esters is 1. The Labute approximate surface area is 267 Å². The minimum atomic E-state index is -1.09. The lowest BCUT2D eigenvalue weighted by molar-refractivity contribution is -0.142. The third kappa shape index (κ3) is 9.16. The molecule has 3 aromatic rings. The Balaban J connectivity index is 1.27. The monoisotopic (exact) mass is 628 g/mol. The van der Waals surface area contributed by atoms with Crippen molar-refractivity contribution in [1.29, 1.82) is 0 Å². The van der Waals surface area contributed by atoms with Crippen molar-refractivity contribution >= 4 is 34.5 Å². The quantitative estimate of drug-likeness (QED) is 0.120. The molecule has 0 unspecified atom stereocenters. The molecule has 3 aromatic carbocycles. The van der Waals surface area contributed by atoms with Gasteiger partial charge in [0, 0.05) is 12.7 Å². The molecular weight excluding hydrogens is 588 g/mol. The van der Waals surface area contributed by atoms with Crippen LogP contribution in [-0.4, -0.2) is 64.4 Å². The molecule has 4 atom stereocenters. The Kier molecular flexibility index (Phi) is 11.9. The summed E-state index contributed by atoms with van der Waals surface area (Å²) in [6, 6.07) is 16.6. The van der Waals surface area contributed by atoms with Gasteiger partial charge in [0.25, 0.3) is 0 Å². The van der Waals surface area contributed by atoms with E-state index in [0.717, 1.165) is 34.4 Å². The van der Waals surface area contributed by atoms with Crippen molar-refractivity contribution < 1.29 is 29.0 Å². The summed E-state index contributed by atoms with van der Waals surface area (Å²) in [6.45, 7) is 0.409. The molecule has 12 nitrogen and oxygen atoms in total. The van der Waals surface area contributed by atoms with Gasteiger partial charge in [-0.2, -0.15) is 0 Å². The minimum Gasteiger partial charge on any atom is -0.508 e. The molecule has 1 aliphatic heterocycles. The zero-order valence-corrected chi connectivity index (χ0v) is 25.4. The molecule has 1 aliphatic rings. The standard InChI is InChI=1S/C34H40N6O6/c35-15-3-7-29(39-31(42)27(36)20-22-10-13-26(41)14-11-22)34(45)46-18-16-38-32(43)30-8-4-17-40(30)33(44)28(37)21-23-9-12-24-5-1-2-6-25(24)19-23/h1-3,5-6,9-16,18-19,27-30,41H,4,7-8,17,20-21,35-37H2,(H,38,43)(H,39,42)/b15-3-,18-16-/t27-,28-,29+,30+/m0/s1.